The van der Waals surface area contributed by atoms with Crippen LogP contribution in [0.3, 0.4) is 0 Å². The van der Waals surface area contributed by atoms with Crippen molar-refractivity contribution in [1.82, 2.24) is 14.2 Å². The number of esters is 1. The van der Waals surface area contributed by atoms with Gasteiger partial charge in [-0.3, -0.25) is 0 Å². The molecular formula is C12H19N3O4S2. The Kier molecular flexibility index (Phi) is 4.97. The van der Waals surface area contributed by atoms with Crippen molar-refractivity contribution >= 4 is 27.3 Å². The minimum absolute atomic E-state index is 0.0509. The maximum Gasteiger partial charge on any atom is 0.358 e. The van der Waals surface area contributed by atoms with E-state index >= 15 is 0 Å². The van der Waals surface area contributed by atoms with Crippen molar-refractivity contribution in [3.05, 3.63) is 11.2 Å². The zero-order valence-electron chi connectivity index (χ0n) is 12.3. The van der Waals surface area contributed by atoms with E-state index in [2.05, 4.69) is 14.6 Å². The molecule has 7 nitrogen and oxygen atoms in total. The summed E-state index contributed by atoms with van der Waals surface area (Å²) < 4.78 is 31.3. The number of ether oxygens (including phenoxy) is 1. The molecule has 1 atom stereocenters. The third-order valence-corrected chi connectivity index (χ3v) is 6.90. The standard InChI is InChI=1S/C12H19N3O4S2/c1-14-6-4-5-9(7-14)15(2)21(17,18)12-10(11(16)19-3)13-8-20-12/h8-9H,4-7H2,1-3H3. The van der Waals surface area contributed by atoms with E-state index in [4.69, 9.17) is 0 Å². The number of likely N-dealkylation sites (tertiary alicyclic amines) is 1. The van der Waals surface area contributed by atoms with Crippen LogP contribution in [-0.2, 0) is 14.8 Å². The molecule has 1 aromatic rings. The van der Waals surface area contributed by atoms with E-state index in [1.807, 2.05) is 7.05 Å². The highest BCUT2D eigenvalue weighted by Gasteiger charge is 2.35. The average Bonchev–Trinajstić information content (AvgIpc) is 2.95. The first-order valence-corrected chi connectivity index (χ1v) is 8.88. The molecule has 1 aliphatic rings. The van der Waals surface area contributed by atoms with E-state index in [1.54, 1.807) is 7.05 Å². The van der Waals surface area contributed by atoms with Crippen LogP contribution in [0.4, 0.5) is 0 Å². The van der Waals surface area contributed by atoms with Gasteiger partial charge in [-0.15, -0.1) is 11.3 Å². The number of rotatable bonds is 4. The summed E-state index contributed by atoms with van der Waals surface area (Å²) in [7, 11) is 0.991. The Bertz CT molecular complexity index is 614. The van der Waals surface area contributed by atoms with Crippen molar-refractivity contribution in [2.45, 2.75) is 23.1 Å². The lowest BCUT2D eigenvalue weighted by Crippen LogP contribution is -2.47. The number of hydrogen-bond donors (Lipinski definition) is 0. The van der Waals surface area contributed by atoms with Gasteiger partial charge in [0.05, 0.1) is 12.6 Å². The van der Waals surface area contributed by atoms with Gasteiger partial charge in [0.15, 0.2) is 9.90 Å². The molecule has 0 spiro atoms. The van der Waals surface area contributed by atoms with Crippen LogP contribution in [0.2, 0.25) is 0 Å². The molecule has 0 bridgehead atoms. The van der Waals surface area contributed by atoms with E-state index in [9.17, 15) is 13.2 Å². The molecule has 0 saturated carbocycles. The van der Waals surface area contributed by atoms with Crippen LogP contribution in [0.15, 0.2) is 9.72 Å². The minimum atomic E-state index is -3.74. The Balaban J connectivity index is 2.29. The second kappa shape index (κ2) is 6.39. The number of sulfonamides is 1. The molecule has 1 saturated heterocycles. The van der Waals surface area contributed by atoms with Gasteiger partial charge in [0.1, 0.15) is 0 Å². The molecule has 1 fully saturated rings. The SMILES string of the molecule is COC(=O)c1ncsc1S(=O)(=O)N(C)C1CCCN(C)C1. The first-order chi connectivity index (χ1) is 9.87. The average molecular weight is 333 g/mol. The van der Waals surface area contributed by atoms with Gasteiger partial charge < -0.3 is 9.64 Å². The zero-order valence-corrected chi connectivity index (χ0v) is 13.9. The molecule has 0 amide bonds. The number of thiazole rings is 1. The highest BCUT2D eigenvalue weighted by atomic mass is 32.2. The summed E-state index contributed by atoms with van der Waals surface area (Å²) in [6, 6.07) is -0.0960. The van der Waals surface area contributed by atoms with Gasteiger partial charge in [-0.2, -0.15) is 4.31 Å². The molecule has 0 radical (unpaired) electrons. The summed E-state index contributed by atoms with van der Waals surface area (Å²) in [5.41, 5.74) is 1.21. The summed E-state index contributed by atoms with van der Waals surface area (Å²) >= 11 is 0.938. The van der Waals surface area contributed by atoms with Crippen LogP contribution >= 0.6 is 11.3 Å². The lowest BCUT2D eigenvalue weighted by atomic mass is 10.1. The second-order valence-corrected chi connectivity index (χ2v) is 8.11. The molecule has 21 heavy (non-hydrogen) atoms. The maximum absolute atomic E-state index is 12.7. The Labute approximate surface area is 128 Å². The van der Waals surface area contributed by atoms with Gasteiger partial charge in [0, 0.05) is 19.6 Å². The fourth-order valence-electron chi connectivity index (χ4n) is 2.41. The van der Waals surface area contributed by atoms with Gasteiger partial charge in [-0.1, -0.05) is 0 Å². The van der Waals surface area contributed by atoms with Crippen LogP contribution < -0.4 is 0 Å². The van der Waals surface area contributed by atoms with E-state index in [0.717, 1.165) is 30.7 Å². The third kappa shape index (κ3) is 3.25. The van der Waals surface area contributed by atoms with Gasteiger partial charge in [0.25, 0.3) is 10.0 Å². The smallest absolute Gasteiger partial charge is 0.358 e. The molecule has 1 aliphatic heterocycles. The maximum atomic E-state index is 12.7. The Hall–Kier alpha value is -1.03. The van der Waals surface area contributed by atoms with Crippen molar-refractivity contribution < 1.29 is 17.9 Å². The number of carbonyl (C=O) groups is 1. The number of nitrogens with zero attached hydrogens (tertiary/aromatic N) is 3. The van der Waals surface area contributed by atoms with Crippen molar-refractivity contribution in [2.24, 2.45) is 0 Å². The molecule has 0 aromatic carbocycles. The van der Waals surface area contributed by atoms with E-state index < -0.39 is 16.0 Å². The third-order valence-electron chi connectivity index (χ3n) is 3.64. The lowest BCUT2D eigenvalue weighted by molar-refractivity contribution is 0.0590. The second-order valence-electron chi connectivity index (χ2n) is 5.06. The van der Waals surface area contributed by atoms with Crippen LogP contribution in [-0.4, -0.2) is 68.9 Å². The molecule has 2 rings (SSSR count). The monoisotopic (exact) mass is 333 g/mol. The number of hydrogen-bond acceptors (Lipinski definition) is 7. The molecule has 0 aliphatic carbocycles. The molecule has 9 heteroatoms. The van der Waals surface area contributed by atoms with Crippen LogP contribution in [0, 0.1) is 0 Å². The van der Waals surface area contributed by atoms with Gasteiger partial charge in [0.2, 0.25) is 0 Å². The summed E-state index contributed by atoms with van der Waals surface area (Å²) in [5.74, 6) is -0.732. The fourth-order valence-corrected chi connectivity index (χ4v) is 5.09. The molecule has 1 unspecified atom stereocenters. The Morgan fingerprint density at radius 1 is 1.57 bits per heavy atom. The molecule has 1 aromatic heterocycles. The predicted octanol–water partition coefficient (Wildman–Crippen LogP) is 0.644. The van der Waals surface area contributed by atoms with Gasteiger partial charge >= 0.3 is 5.97 Å². The predicted molar refractivity (Wildman–Crippen MR) is 78.9 cm³/mol. The summed E-state index contributed by atoms with van der Waals surface area (Å²) in [6.07, 6.45) is 1.76. The van der Waals surface area contributed by atoms with Crippen molar-refractivity contribution in [1.29, 1.82) is 0 Å². The van der Waals surface area contributed by atoms with Crippen molar-refractivity contribution in [2.75, 3.05) is 34.3 Å². The molecule has 2 heterocycles. The number of methoxy groups -OCH3 is 1. The highest BCUT2D eigenvalue weighted by Crippen LogP contribution is 2.27. The summed E-state index contributed by atoms with van der Waals surface area (Å²) in [5, 5.41) is 0. The highest BCUT2D eigenvalue weighted by molar-refractivity contribution is 7.91. The lowest BCUT2D eigenvalue weighted by Gasteiger charge is -2.34. The van der Waals surface area contributed by atoms with Gasteiger partial charge in [-0.05, 0) is 26.4 Å². The van der Waals surface area contributed by atoms with Gasteiger partial charge in [-0.25, -0.2) is 18.2 Å². The molecule has 118 valence electrons. The summed E-state index contributed by atoms with van der Waals surface area (Å²) in [6.45, 7) is 1.65. The van der Waals surface area contributed by atoms with E-state index in [-0.39, 0.29) is 15.9 Å². The molecular weight excluding hydrogens is 314 g/mol. The Morgan fingerprint density at radius 3 is 2.90 bits per heavy atom. The van der Waals surface area contributed by atoms with E-state index in [1.165, 1.54) is 16.9 Å². The van der Waals surface area contributed by atoms with Crippen LogP contribution in [0.25, 0.3) is 0 Å². The number of aromatic nitrogens is 1. The summed E-state index contributed by atoms with van der Waals surface area (Å²) in [4.78, 5) is 17.6. The number of likely N-dealkylation sites (N-methyl/N-ethyl adjacent to an activating group) is 2. The van der Waals surface area contributed by atoms with E-state index in [0.29, 0.717) is 6.54 Å². The quantitative estimate of drug-likeness (QED) is 0.753. The first-order valence-electron chi connectivity index (χ1n) is 6.56. The number of piperidine rings is 1. The Morgan fingerprint density at radius 2 is 2.29 bits per heavy atom. The minimum Gasteiger partial charge on any atom is -0.464 e. The fraction of sp³-hybridized carbons (Fsp3) is 0.667. The largest absolute Gasteiger partial charge is 0.464 e. The van der Waals surface area contributed by atoms with Crippen molar-refractivity contribution in [3.63, 3.8) is 0 Å². The zero-order chi connectivity index (χ0) is 15.6. The normalized spacial score (nSPS) is 20.7. The van der Waals surface area contributed by atoms with Crippen LogP contribution in [0.5, 0.6) is 0 Å². The van der Waals surface area contributed by atoms with Crippen LogP contribution in [0.1, 0.15) is 23.3 Å². The first kappa shape index (κ1) is 16.3. The topological polar surface area (TPSA) is 79.8 Å². The molecule has 0 N–H and O–H groups in total. The number of carbonyl (C=O) groups excluding carboxylic acids is 1. The van der Waals surface area contributed by atoms with Crippen molar-refractivity contribution in [3.8, 4) is 0 Å².